The van der Waals surface area contributed by atoms with Crippen molar-refractivity contribution in [1.29, 1.82) is 0 Å². The molecule has 0 fully saturated rings. The highest BCUT2D eigenvalue weighted by atomic mass is 32.2. The van der Waals surface area contributed by atoms with E-state index in [2.05, 4.69) is 0 Å². The summed E-state index contributed by atoms with van der Waals surface area (Å²) in [6, 6.07) is 0. The number of hydrogen-bond acceptors (Lipinski definition) is 3. The molecule has 0 aromatic carbocycles. The van der Waals surface area contributed by atoms with Gasteiger partial charge in [0.05, 0.1) is 4.75 Å². The molecule has 0 heterocycles. The van der Waals surface area contributed by atoms with E-state index < -0.39 is 26.3 Å². The number of carbonyl (C=O) groups is 1. The van der Waals surface area contributed by atoms with E-state index in [0.29, 0.717) is 0 Å². The fourth-order valence-corrected chi connectivity index (χ4v) is 2.35. The standard InChI is InChI=1S/C9H19NO4S/c1-8(2,3)15(13,14)10(6)9(4,5)7(11)12/h1-6H3,(H,11,12). The second-order valence-electron chi connectivity index (χ2n) is 4.95. The number of hydrogen-bond donors (Lipinski definition) is 1. The zero-order valence-electron chi connectivity index (χ0n) is 10.0. The predicted octanol–water partition coefficient (Wildman–Crippen LogP) is 0.910. The van der Waals surface area contributed by atoms with E-state index in [1.807, 2.05) is 0 Å². The van der Waals surface area contributed by atoms with Gasteiger partial charge in [0.2, 0.25) is 10.0 Å². The molecule has 0 aliphatic carbocycles. The van der Waals surface area contributed by atoms with Crippen LogP contribution in [0.3, 0.4) is 0 Å². The lowest BCUT2D eigenvalue weighted by molar-refractivity contribution is -0.145. The molecule has 0 spiro atoms. The van der Waals surface area contributed by atoms with Gasteiger partial charge in [0.25, 0.3) is 0 Å². The molecule has 0 bridgehead atoms. The summed E-state index contributed by atoms with van der Waals surface area (Å²) in [5, 5.41) is 8.93. The Morgan fingerprint density at radius 2 is 1.47 bits per heavy atom. The largest absolute Gasteiger partial charge is 0.480 e. The number of carboxylic acids is 1. The van der Waals surface area contributed by atoms with Crippen LogP contribution in [0.15, 0.2) is 0 Å². The lowest BCUT2D eigenvalue weighted by atomic mass is 10.1. The minimum absolute atomic E-state index is 0.905. The number of aliphatic carboxylic acids is 1. The quantitative estimate of drug-likeness (QED) is 0.791. The van der Waals surface area contributed by atoms with Crippen molar-refractivity contribution < 1.29 is 18.3 Å². The van der Waals surface area contributed by atoms with E-state index in [0.717, 1.165) is 4.31 Å². The minimum atomic E-state index is -3.63. The van der Waals surface area contributed by atoms with Gasteiger partial charge >= 0.3 is 5.97 Å². The Morgan fingerprint density at radius 3 is 1.67 bits per heavy atom. The van der Waals surface area contributed by atoms with Gasteiger partial charge < -0.3 is 5.11 Å². The zero-order valence-corrected chi connectivity index (χ0v) is 10.8. The Morgan fingerprint density at radius 1 is 1.13 bits per heavy atom. The molecule has 90 valence electrons. The molecule has 0 aliphatic heterocycles. The molecule has 0 saturated carbocycles. The number of likely N-dealkylation sites (N-methyl/N-ethyl adjacent to an activating group) is 1. The van der Waals surface area contributed by atoms with Gasteiger partial charge in [-0.2, -0.15) is 4.31 Å². The van der Waals surface area contributed by atoms with Crippen molar-refractivity contribution >= 4 is 16.0 Å². The van der Waals surface area contributed by atoms with Crippen molar-refractivity contribution in [2.45, 2.75) is 44.9 Å². The third kappa shape index (κ3) is 2.49. The Kier molecular flexibility index (Phi) is 3.60. The van der Waals surface area contributed by atoms with Crippen LogP contribution in [0.25, 0.3) is 0 Å². The summed E-state index contributed by atoms with van der Waals surface area (Å²) >= 11 is 0. The lowest BCUT2D eigenvalue weighted by Gasteiger charge is -2.35. The number of carboxylic acid groups (broad SMARTS) is 1. The Hall–Kier alpha value is -0.620. The van der Waals surface area contributed by atoms with E-state index in [9.17, 15) is 13.2 Å². The molecule has 6 heteroatoms. The van der Waals surface area contributed by atoms with Gasteiger partial charge in [-0.1, -0.05) is 0 Å². The third-order valence-corrected chi connectivity index (χ3v) is 5.17. The smallest absolute Gasteiger partial charge is 0.324 e. The van der Waals surface area contributed by atoms with E-state index >= 15 is 0 Å². The highest BCUT2D eigenvalue weighted by molar-refractivity contribution is 7.90. The van der Waals surface area contributed by atoms with Crippen molar-refractivity contribution in [2.75, 3.05) is 7.05 Å². The molecule has 1 N–H and O–H groups in total. The maximum Gasteiger partial charge on any atom is 0.324 e. The summed E-state index contributed by atoms with van der Waals surface area (Å²) in [6.45, 7) is 7.33. The normalized spacial score (nSPS) is 14.3. The van der Waals surface area contributed by atoms with Crippen LogP contribution in [0.4, 0.5) is 0 Å². The van der Waals surface area contributed by atoms with Crippen LogP contribution in [0.1, 0.15) is 34.6 Å². The van der Waals surface area contributed by atoms with Gasteiger partial charge in [0, 0.05) is 7.05 Å². The first kappa shape index (κ1) is 14.4. The van der Waals surface area contributed by atoms with Gasteiger partial charge in [-0.25, -0.2) is 8.42 Å². The first-order chi connectivity index (χ1) is 6.35. The van der Waals surface area contributed by atoms with Crippen LogP contribution in [0, 0.1) is 0 Å². The molecule has 0 unspecified atom stereocenters. The topological polar surface area (TPSA) is 74.7 Å². The summed E-state index contributed by atoms with van der Waals surface area (Å²) in [4.78, 5) is 10.9. The molecule has 0 aliphatic rings. The molecular weight excluding hydrogens is 218 g/mol. The van der Waals surface area contributed by atoms with Crippen LogP contribution in [0.2, 0.25) is 0 Å². The molecule has 0 saturated heterocycles. The summed E-state index contributed by atoms with van der Waals surface area (Å²) in [6.07, 6.45) is 0. The summed E-state index contributed by atoms with van der Waals surface area (Å²) in [5.74, 6) is -1.17. The average molecular weight is 237 g/mol. The molecule has 15 heavy (non-hydrogen) atoms. The molecule has 0 atom stereocenters. The predicted molar refractivity (Wildman–Crippen MR) is 58.2 cm³/mol. The van der Waals surface area contributed by atoms with Gasteiger partial charge in [-0.15, -0.1) is 0 Å². The van der Waals surface area contributed by atoms with Crippen molar-refractivity contribution in [3.63, 3.8) is 0 Å². The fraction of sp³-hybridized carbons (Fsp3) is 0.889. The van der Waals surface area contributed by atoms with Gasteiger partial charge in [-0.05, 0) is 34.6 Å². The molecule has 5 nitrogen and oxygen atoms in total. The van der Waals surface area contributed by atoms with Crippen molar-refractivity contribution in [1.82, 2.24) is 4.31 Å². The molecule has 0 aromatic heterocycles. The molecule has 0 amide bonds. The average Bonchev–Trinajstić information content (AvgIpc) is 2.00. The summed E-state index contributed by atoms with van der Waals surface area (Å²) in [7, 11) is -2.34. The van der Waals surface area contributed by atoms with Crippen LogP contribution >= 0.6 is 0 Å². The number of nitrogens with zero attached hydrogens (tertiary/aromatic N) is 1. The summed E-state index contributed by atoms with van der Waals surface area (Å²) < 4.78 is 23.8. The highest BCUT2D eigenvalue weighted by Gasteiger charge is 2.44. The molecule has 0 radical (unpaired) electrons. The second kappa shape index (κ2) is 3.75. The van der Waals surface area contributed by atoms with Crippen LogP contribution in [-0.2, 0) is 14.8 Å². The monoisotopic (exact) mass is 237 g/mol. The first-order valence-corrected chi connectivity index (χ1v) is 6.01. The molecule has 0 rings (SSSR count). The van der Waals surface area contributed by atoms with Gasteiger partial charge in [0.1, 0.15) is 5.54 Å². The zero-order chi connectivity index (χ0) is 12.7. The first-order valence-electron chi connectivity index (χ1n) is 4.57. The van der Waals surface area contributed by atoms with E-state index in [1.54, 1.807) is 0 Å². The Labute approximate surface area is 91.1 Å². The van der Waals surface area contributed by atoms with Gasteiger partial charge in [-0.3, -0.25) is 4.79 Å². The molecule has 0 aromatic rings. The Balaban J connectivity index is 5.39. The molecular formula is C9H19NO4S. The fourth-order valence-electron chi connectivity index (χ4n) is 0.846. The van der Waals surface area contributed by atoms with Crippen LogP contribution in [0.5, 0.6) is 0 Å². The lowest BCUT2D eigenvalue weighted by Crippen LogP contribution is -2.55. The van der Waals surface area contributed by atoms with E-state index in [4.69, 9.17) is 5.11 Å². The van der Waals surface area contributed by atoms with Crippen LogP contribution < -0.4 is 0 Å². The van der Waals surface area contributed by atoms with E-state index in [1.165, 1.54) is 41.7 Å². The number of rotatable bonds is 3. The van der Waals surface area contributed by atoms with Gasteiger partial charge in [0.15, 0.2) is 0 Å². The maximum absolute atomic E-state index is 12.0. The second-order valence-corrected chi connectivity index (χ2v) is 7.67. The van der Waals surface area contributed by atoms with E-state index in [-0.39, 0.29) is 0 Å². The maximum atomic E-state index is 12.0. The van der Waals surface area contributed by atoms with Crippen molar-refractivity contribution in [3.8, 4) is 0 Å². The van der Waals surface area contributed by atoms with Crippen LogP contribution in [-0.4, -0.2) is 41.1 Å². The van der Waals surface area contributed by atoms with Crippen molar-refractivity contribution in [3.05, 3.63) is 0 Å². The third-order valence-electron chi connectivity index (χ3n) is 2.45. The Bertz CT molecular complexity index is 351. The number of sulfonamides is 1. The highest BCUT2D eigenvalue weighted by Crippen LogP contribution is 2.25. The minimum Gasteiger partial charge on any atom is -0.480 e. The SMILES string of the molecule is CN(C(C)(C)C(=O)O)S(=O)(=O)C(C)(C)C. The summed E-state index contributed by atoms with van der Waals surface area (Å²) in [5.41, 5.74) is -1.44. The van der Waals surface area contributed by atoms with Crippen molar-refractivity contribution in [2.24, 2.45) is 0 Å².